The van der Waals surface area contributed by atoms with Crippen LogP contribution in [0.3, 0.4) is 0 Å². The van der Waals surface area contributed by atoms with Crippen molar-refractivity contribution in [2.45, 2.75) is 44.4 Å². The summed E-state index contributed by atoms with van der Waals surface area (Å²) in [5.41, 5.74) is -3.83. The van der Waals surface area contributed by atoms with E-state index in [0.717, 1.165) is 29.9 Å². The monoisotopic (exact) mass is 584 g/mol. The fourth-order valence-electron chi connectivity index (χ4n) is 4.99. The van der Waals surface area contributed by atoms with Crippen LogP contribution in [-0.4, -0.2) is 73.8 Å². The highest BCUT2D eigenvalue weighted by Gasteiger charge is 2.62. The van der Waals surface area contributed by atoms with E-state index in [4.69, 9.17) is 21.1 Å². The van der Waals surface area contributed by atoms with Crippen LogP contribution in [-0.2, 0) is 10.4 Å². The molecule has 1 heterocycles. The summed E-state index contributed by atoms with van der Waals surface area (Å²) in [6, 6.07) is 9.82. The molecule has 2 aromatic rings. The number of ether oxygens (including phenoxy) is 2. The first-order valence-electron chi connectivity index (χ1n) is 13.2. The molecule has 0 radical (unpaired) electrons. The molecule has 1 aliphatic heterocycles. The van der Waals surface area contributed by atoms with Gasteiger partial charge < -0.3 is 24.4 Å². The van der Waals surface area contributed by atoms with Gasteiger partial charge in [0.25, 0.3) is 17.4 Å². The SMILES string of the molecule is COc1cccc([C@](O)(C(=O)N2CCC([C@@H](C)CCCOc3ccc(C(=O)N(C)C)c(Cl)c3)CC2)C(F)(F)F)c1. The molecule has 2 amide bonds. The number of hydrogen-bond acceptors (Lipinski definition) is 5. The smallest absolute Gasteiger partial charge is 0.430 e. The summed E-state index contributed by atoms with van der Waals surface area (Å²) < 4.78 is 53.0. The molecular formula is C29H36ClF3N2O5. The standard InChI is InChI=1S/C29H36ClF3N2O5/c1-19(7-6-16-40-23-10-11-24(25(30)18-23)26(36)34(2)3)20-12-14-35(15-13-20)27(37)28(38,29(31,32)33)21-8-5-9-22(17-21)39-4/h5,8-11,17-20,38H,6-7,12-16H2,1-4H3/t19-,28-/m0/s1. The Balaban J connectivity index is 1.52. The molecule has 220 valence electrons. The van der Waals surface area contributed by atoms with E-state index < -0.39 is 23.2 Å². The number of methoxy groups -OCH3 is 1. The van der Waals surface area contributed by atoms with Crippen LogP contribution < -0.4 is 9.47 Å². The Bertz CT molecular complexity index is 1180. The van der Waals surface area contributed by atoms with Gasteiger partial charge in [-0.15, -0.1) is 0 Å². The van der Waals surface area contributed by atoms with Crippen LogP contribution in [0.2, 0.25) is 5.02 Å². The zero-order valence-electron chi connectivity index (χ0n) is 23.1. The zero-order chi connectivity index (χ0) is 29.7. The third kappa shape index (κ3) is 7.01. The number of aliphatic hydroxyl groups is 1. The number of carbonyl (C=O) groups excluding carboxylic acids is 2. The van der Waals surface area contributed by atoms with Crippen LogP contribution >= 0.6 is 11.6 Å². The molecule has 1 saturated heterocycles. The highest BCUT2D eigenvalue weighted by atomic mass is 35.5. The lowest BCUT2D eigenvalue weighted by molar-refractivity contribution is -0.262. The molecule has 1 aliphatic rings. The highest BCUT2D eigenvalue weighted by molar-refractivity contribution is 6.34. The molecule has 1 N–H and O–H groups in total. The van der Waals surface area contributed by atoms with Gasteiger partial charge in [-0.3, -0.25) is 9.59 Å². The zero-order valence-corrected chi connectivity index (χ0v) is 23.9. The molecule has 0 bridgehead atoms. The first-order valence-corrected chi connectivity index (χ1v) is 13.5. The maximum atomic E-state index is 14.1. The van der Waals surface area contributed by atoms with Gasteiger partial charge in [-0.25, -0.2) is 0 Å². The Morgan fingerprint density at radius 3 is 2.38 bits per heavy atom. The summed E-state index contributed by atoms with van der Waals surface area (Å²) >= 11 is 6.23. The average Bonchev–Trinajstić information content (AvgIpc) is 2.93. The van der Waals surface area contributed by atoms with E-state index in [-0.39, 0.29) is 36.6 Å². The van der Waals surface area contributed by atoms with E-state index >= 15 is 0 Å². The lowest BCUT2D eigenvalue weighted by Crippen LogP contribution is -2.57. The molecule has 3 rings (SSSR count). The number of nitrogens with zero attached hydrogens (tertiary/aromatic N) is 2. The van der Waals surface area contributed by atoms with Gasteiger partial charge in [0.05, 0.1) is 24.3 Å². The summed E-state index contributed by atoms with van der Waals surface area (Å²) in [4.78, 5) is 27.7. The second-order valence-electron chi connectivity index (χ2n) is 10.4. The molecule has 7 nitrogen and oxygen atoms in total. The van der Waals surface area contributed by atoms with Gasteiger partial charge in [0.1, 0.15) is 11.5 Å². The molecule has 0 unspecified atom stereocenters. The predicted molar refractivity (Wildman–Crippen MR) is 146 cm³/mol. The van der Waals surface area contributed by atoms with Gasteiger partial charge in [-0.1, -0.05) is 30.7 Å². The topological polar surface area (TPSA) is 79.3 Å². The van der Waals surface area contributed by atoms with Crippen LogP contribution in [0.15, 0.2) is 42.5 Å². The van der Waals surface area contributed by atoms with Crippen LogP contribution in [0.5, 0.6) is 11.5 Å². The quantitative estimate of drug-likeness (QED) is 0.371. The van der Waals surface area contributed by atoms with Gasteiger partial charge in [-0.2, -0.15) is 13.2 Å². The molecule has 0 aromatic heterocycles. The Hall–Kier alpha value is -2.98. The molecule has 0 aliphatic carbocycles. The fourth-order valence-corrected chi connectivity index (χ4v) is 5.24. The van der Waals surface area contributed by atoms with Crippen molar-refractivity contribution in [3.63, 3.8) is 0 Å². The maximum Gasteiger partial charge on any atom is 0.430 e. The van der Waals surface area contributed by atoms with E-state index in [1.807, 2.05) is 0 Å². The second-order valence-corrected chi connectivity index (χ2v) is 10.8. The van der Waals surface area contributed by atoms with Crippen LogP contribution in [0.1, 0.15) is 48.5 Å². The number of piperidine rings is 1. The number of carbonyl (C=O) groups is 2. The first-order chi connectivity index (χ1) is 18.8. The van der Waals surface area contributed by atoms with Crippen LogP contribution in [0, 0.1) is 11.8 Å². The number of likely N-dealkylation sites (tertiary alicyclic amines) is 1. The van der Waals surface area contributed by atoms with Crippen molar-refractivity contribution in [1.29, 1.82) is 0 Å². The van der Waals surface area contributed by atoms with Crippen molar-refractivity contribution >= 4 is 23.4 Å². The number of halogens is 4. The lowest BCUT2D eigenvalue weighted by atomic mass is 9.82. The van der Waals surface area contributed by atoms with E-state index in [1.54, 1.807) is 32.3 Å². The van der Waals surface area contributed by atoms with Gasteiger partial charge >= 0.3 is 6.18 Å². The van der Waals surface area contributed by atoms with Crippen molar-refractivity contribution < 1.29 is 37.3 Å². The minimum absolute atomic E-state index is 0.115. The van der Waals surface area contributed by atoms with Crippen LogP contribution in [0.4, 0.5) is 13.2 Å². The highest BCUT2D eigenvalue weighted by Crippen LogP contribution is 2.42. The molecule has 0 saturated carbocycles. The van der Waals surface area contributed by atoms with Crippen molar-refractivity contribution in [2.75, 3.05) is 40.9 Å². The first kappa shape index (κ1) is 31.5. The molecule has 2 aromatic carbocycles. The van der Waals surface area contributed by atoms with Gasteiger partial charge in [0.2, 0.25) is 0 Å². The number of alkyl halides is 3. The van der Waals surface area contributed by atoms with Gasteiger partial charge in [-0.05, 0) is 67.9 Å². The van der Waals surface area contributed by atoms with Crippen molar-refractivity contribution in [1.82, 2.24) is 9.80 Å². The molecule has 1 fully saturated rings. The summed E-state index contributed by atoms with van der Waals surface area (Å²) in [6.07, 6.45) is -2.54. The second kappa shape index (κ2) is 13.1. The van der Waals surface area contributed by atoms with Crippen molar-refractivity contribution in [3.05, 3.63) is 58.6 Å². The minimum atomic E-state index is -5.20. The number of benzene rings is 2. The Morgan fingerprint density at radius 2 is 1.80 bits per heavy atom. The molecule has 11 heteroatoms. The summed E-state index contributed by atoms with van der Waals surface area (Å²) in [6.45, 7) is 2.79. The van der Waals surface area contributed by atoms with E-state index in [2.05, 4.69) is 6.92 Å². The molecular weight excluding hydrogens is 549 g/mol. The van der Waals surface area contributed by atoms with E-state index in [9.17, 15) is 27.9 Å². The van der Waals surface area contributed by atoms with Gasteiger partial charge in [0, 0.05) is 32.7 Å². The summed E-state index contributed by atoms with van der Waals surface area (Å²) in [5, 5.41) is 11.1. The third-order valence-corrected chi connectivity index (χ3v) is 7.80. The van der Waals surface area contributed by atoms with Crippen LogP contribution in [0.25, 0.3) is 0 Å². The molecule has 2 atom stereocenters. The predicted octanol–water partition coefficient (Wildman–Crippen LogP) is 5.53. The largest absolute Gasteiger partial charge is 0.497 e. The lowest BCUT2D eigenvalue weighted by Gasteiger charge is -2.39. The van der Waals surface area contributed by atoms with Gasteiger partial charge in [0.15, 0.2) is 0 Å². The number of hydrogen-bond donors (Lipinski definition) is 1. The molecule has 40 heavy (non-hydrogen) atoms. The summed E-state index contributed by atoms with van der Waals surface area (Å²) in [7, 11) is 4.60. The Morgan fingerprint density at radius 1 is 1.12 bits per heavy atom. The molecule has 0 spiro atoms. The summed E-state index contributed by atoms with van der Waals surface area (Å²) in [5.74, 6) is -0.391. The van der Waals surface area contributed by atoms with E-state index in [1.165, 1.54) is 24.1 Å². The minimum Gasteiger partial charge on any atom is -0.497 e. The third-order valence-electron chi connectivity index (χ3n) is 7.49. The van der Waals surface area contributed by atoms with Crippen molar-refractivity contribution in [2.24, 2.45) is 11.8 Å². The number of rotatable bonds is 10. The Kier molecular flexibility index (Phi) is 10.3. The maximum absolute atomic E-state index is 14.1. The normalized spacial score (nSPS) is 16.7. The fraction of sp³-hybridized carbons (Fsp3) is 0.517. The Labute approximate surface area is 237 Å². The number of amides is 2. The van der Waals surface area contributed by atoms with Crippen molar-refractivity contribution in [3.8, 4) is 11.5 Å². The average molecular weight is 585 g/mol. The van der Waals surface area contributed by atoms with E-state index in [0.29, 0.717) is 35.8 Å².